The van der Waals surface area contributed by atoms with E-state index in [-0.39, 0.29) is 30.2 Å². The molecule has 0 aromatic carbocycles. The van der Waals surface area contributed by atoms with Crippen LogP contribution < -0.4 is 0 Å². The molecule has 0 saturated carbocycles. The van der Waals surface area contributed by atoms with Gasteiger partial charge in [-0.3, -0.25) is 14.5 Å². The summed E-state index contributed by atoms with van der Waals surface area (Å²) in [5.41, 5.74) is 0.799. The van der Waals surface area contributed by atoms with Crippen molar-refractivity contribution in [3.8, 4) is 0 Å². The molecule has 0 spiro atoms. The van der Waals surface area contributed by atoms with E-state index in [9.17, 15) is 9.59 Å². The summed E-state index contributed by atoms with van der Waals surface area (Å²) in [5.74, 6) is 0.613. The maximum Gasteiger partial charge on any atom is 0.233 e. The van der Waals surface area contributed by atoms with Gasteiger partial charge in [0.1, 0.15) is 12.3 Å². The van der Waals surface area contributed by atoms with Crippen molar-refractivity contribution in [3.63, 3.8) is 0 Å². The zero-order valence-electron chi connectivity index (χ0n) is 11.0. The summed E-state index contributed by atoms with van der Waals surface area (Å²) in [7, 11) is 0. The van der Waals surface area contributed by atoms with Gasteiger partial charge in [-0.1, -0.05) is 12.2 Å². The Kier molecular flexibility index (Phi) is 2.77. The summed E-state index contributed by atoms with van der Waals surface area (Å²) >= 11 is 0. The van der Waals surface area contributed by atoms with E-state index >= 15 is 0 Å². The second-order valence-electron chi connectivity index (χ2n) is 5.17. The van der Waals surface area contributed by atoms with Crippen molar-refractivity contribution in [2.75, 3.05) is 0 Å². The smallest absolute Gasteiger partial charge is 0.233 e. The standard InChI is InChI=1S/C14H16N2O3/c1-8-9(2)19-12(15-8)7-16-13(17)10-5-3-4-6-11(10)14(16)18/h3-4,10-11H,5-7H2,1-2H3. The largest absolute Gasteiger partial charge is 0.444 e. The molecule has 1 saturated heterocycles. The maximum absolute atomic E-state index is 12.2. The molecule has 2 atom stereocenters. The van der Waals surface area contributed by atoms with E-state index in [0.717, 1.165) is 11.5 Å². The second-order valence-corrected chi connectivity index (χ2v) is 5.17. The quantitative estimate of drug-likeness (QED) is 0.600. The highest BCUT2D eigenvalue weighted by atomic mass is 16.4. The van der Waals surface area contributed by atoms with Crippen LogP contribution in [-0.2, 0) is 16.1 Å². The van der Waals surface area contributed by atoms with Crippen molar-refractivity contribution in [1.82, 2.24) is 9.88 Å². The molecule has 1 aliphatic heterocycles. The number of allylic oxidation sites excluding steroid dienone is 2. The molecule has 2 heterocycles. The van der Waals surface area contributed by atoms with Gasteiger partial charge in [-0.15, -0.1) is 0 Å². The number of aromatic nitrogens is 1. The first-order chi connectivity index (χ1) is 9.08. The van der Waals surface area contributed by atoms with Crippen molar-refractivity contribution in [2.24, 2.45) is 11.8 Å². The van der Waals surface area contributed by atoms with Crippen molar-refractivity contribution in [2.45, 2.75) is 33.2 Å². The van der Waals surface area contributed by atoms with E-state index in [0.29, 0.717) is 18.7 Å². The molecule has 2 aliphatic rings. The number of rotatable bonds is 2. The summed E-state index contributed by atoms with van der Waals surface area (Å²) in [5, 5.41) is 0. The molecule has 2 unspecified atom stereocenters. The Balaban J connectivity index is 1.82. The topological polar surface area (TPSA) is 63.4 Å². The monoisotopic (exact) mass is 260 g/mol. The molecular formula is C14H16N2O3. The minimum absolute atomic E-state index is 0.0899. The minimum Gasteiger partial charge on any atom is -0.444 e. The molecule has 0 bridgehead atoms. The minimum atomic E-state index is -0.186. The van der Waals surface area contributed by atoms with Gasteiger partial charge < -0.3 is 4.42 Å². The molecule has 1 aliphatic carbocycles. The second kappa shape index (κ2) is 4.33. The SMILES string of the molecule is Cc1nc(CN2C(=O)C3CC=CCC3C2=O)oc1C. The zero-order valence-corrected chi connectivity index (χ0v) is 11.0. The third kappa shape index (κ3) is 1.89. The van der Waals surface area contributed by atoms with Crippen LogP contribution in [0.15, 0.2) is 16.6 Å². The fraction of sp³-hybridized carbons (Fsp3) is 0.500. The van der Waals surface area contributed by atoms with Crippen LogP contribution in [-0.4, -0.2) is 21.7 Å². The number of fused-ring (bicyclic) bond motifs is 1. The fourth-order valence-electron chi connectivity index (χ4n) is 2.77. The number of hydrogen-bond acceptors (Lipinski definition) is 4. The zero-order chi connectivity index (χ0) is 13.6. The Bertz CT molecular complexity index is 528. The molecular weight excluding hydrogens is 244 g/mol. The lowest BCUT2D eigenvalue weighted by molar-refractivity contribution is -0.141. The first-order valence-electron chi connectivity index (χ1n) is 6.51. The van der Waals surface area contributed by atoms with Crippen LogP contribution in [0.5, 0.6) is 0 Å². The van der Waals surface area contributed by atoms with Crippen LogP contribution in [0.25, 0.3) is 0 Å². The number of nitrogens with zero attached hydrogens (tertiary/aromatic N) is 2. The molecule has 1 aromatic rings. The van der Waals surface area contributed by atoms with E-state index in [1.165, 1.54) is 4.90 Å². The predicted octanol–water partition coefficient (Wildman–Crippen LogP) is 1.74. The van der Waals surface area contributed by atoms with Gasteiger partial charge in [0, 0.05) is 0 Å². The van der Waals surface area contributed by atoms with Gasteiger partial charge in [-0.05, 0) is 26.7 Å². The maximum atomic E-state index is 12.2. The van der Waals surface area contributed by atoms with Gasteiger partial charge in [-0.25, -0.2) is 4.98 Å². The van der Waals surface area contributed by atoms with E-state index < -0.39 is 0 Å². The third-order valence-electron chi connectivity index (χ3n) is 3.97. The Hall–Kier alpha value is -1.91. The Morgan fingerprint density at radius 2 is 1.79 bits per heavy atom. The summed E-state index contributed by atoms with van der Waals surface area (Å²) in [6.07, 6.45) is 5.29. The molecule has 19 heavy (non-hydrogen) atoms. The number of hydrogen-bond donors (Lipinski definition) is 0. The molecule has 100 valence electrons. The molecule has 5 heteroatoms. The van der Waals surface area contributed by atoms with Gasteiger partial charge in [0.2, 0.25) is 17.7 Å². The highest BCUT2D eigenvalue weighted by Crippen LogP contribution is 2.35. The van der Waals surface area contributed by atoms with Gasteiger partial charge >= 0.3 is 0 Å². The lowest BCUT2D eigenvalue weighted by atomic mass is 9.85. The normalized spacial score (nSPS) is 26.1. The first kappa shape index (κ1) is 12.1. The van der Waals surface area contributed by atoms with Crippen molar-refractivity contribution in [3.05, 3.63) is 29.5 Å². The number of amides is 2. The highest BCUT2D eigenvalue weighted by Gasteiger charge is 2.47. The average molecular weight is 260 g/mol. The summed E-state index contributed by atoms with van der Waals surface area (Å²) < 4.78 is 5.45. The third-order valence-corrected chi connectivity index (χ3v) is 3.97. The molecule has 1 aromatic heterocycles. The molecule has 1 fully saturated rings. The molecule has 3 rings (SSSR count). The Labute approximate surface area is 111 Å². The molecule has 0 N–H and O–H groups in total. The number of carbonyl (C=O) groups excluding carboxylic acids is 2. The predicted molar refractivity (Wildman–Crippen MR) is 66.9 cm³/mol. The lowest BCUT2D eigenvalue weighted by Crippen LogP contribution is -2.30. The van der Waals surface area contributed by atoms with Crippen LogP contribution in [0.4, 0.5) is 0 Å². The number of imide groups is 1. The van der Waals surface area contributed by atoms with Crippen LogP contribution >= 0.6 is 0 Å². The number of aryl methyl sites for hydroxylation is 2. The van der Waals surface area contributed by atoms with Crippen molar-refractivity contribution in [1.29, 1.82) is 0 Å². The number of carbonyl (C=O) groups is 2. The van der Waals surface area contributed by atoms with E-state index in [1.54, 1.807) is 0 Å². The van der Waals surface area contributed by atoms with Crippen LogP contribution in [0, 0.1) is 25.7 Å². The Morgan fingerprint density at radius 1 is 1.21 bits per heavy atom. The molecule has 0 radical (unpaired) electrons. The molecule has 5 nitrogen and oxygen atoms in total. The average Bonchev–Trinajstić information content (AvgIpc) is 2.84. The summed E-state index contributed by atoms with van der Waals surface area (Å²) in [6, 6.07) is 0. The van der Waals surface area contributed by atoms with E-state index in [1.807, 2.05) is 26.0 Å². The lowest BCUT2D eigenvalue weighted by Gasteiger charge is -2.14. The van der Waals surface area contributed by atoms with E-state index in [4.69, 9.17) is 4.42 Å². The van der Waals surface area contributed by atoms with Crippen LogP contribution in [0.2, 0.25) is 0 Å². The van der Waals surface area contributed by atoms with Gasteiger partial charge in [-0.2, -0.15) is 0 Å². The van der Waals surface area contributed by atoms with E-state index in [2.05, 4.69) is 4.98 Å². The fourth-order valence-corrected chi connectivity index (χ4v) is 2.77. The summed E-state index contributed by atoms with van der Waals surface area (Å²) in [4.78, 5) is 30.0. The number of likely N-dealkylation sites (tertiary alicyclic amines) is 1. The van der Waals surface area contributed by atoms with Crippen LogP contribution in [0.1, 0.15) is 30.2 Å². The van der Waals surface area contributed by atoms with Gasteiger partial charge in [0.15, 0.2) is 0 Å². The Morgan fingerprint density at radius 3 is 2.26 bits per heavy atom. The van der Waals surface area contributed by atoms with Gasteiger partial charge in [0.05, 0.1) is 17.5 Å². The van der Waals surface area contributed by atoms with Crippen molar-refractivity contribution >= 4 is 11.8 Å². The summed E-state index contributed by atoms with van der Waals surface area (Å²) in [6.45, 7) is 3.82. The van der Waals surface area contributed by atoms with Crippen LogP contribution in [0.3, 0.4) is 0 Å². The van der Waals surface area contributed by atoms with Gasteiger partial charge in [0.25, 0.3) is 0 Å². The number of oxazole rings is 1. The molecule has 2 amide bonds. The highest BCUT2D eigenvalue weighted by molar-refractivity contribution is 6.05. The first-order valence-corrected chi connectivity index (χ1v) is 6.51. The van der Waals surface area contributed by atoms with Crippen molar-refractivity contribution < 1.29 is 14.0 Å².